The summed E-state index contributed by atoms with van der Waals surface area (Å²) >= 11 is 6.19. The van der Waals surface area contributed by atoms with Crippen molar-refractivity contribution >= 4 is 23.2 Å². The third-order valence-electron chi connectivity index (χ3n) is 3.85. The van der Waals surface area contributed by atoms with Crippen LogP contribution < -0.4 is 5.32 Å². The summed E-state index contributed by atoms with van der Waals surface area (Å²) in [5, 5.41) is 8.01. The number of nitrogens with one attached hydrogen (secondary N) is 1. The Morgan fingerprint density at radius 3 is 2.54 bits per heavy atom. The Kier molecular flexibility index (Phi) is 4.67. The van der Waals surface area contributed by atoms with Crippen molar-refractivity contribution in [2.45, 2.75) is 20.4 Å². The molecule has 1 N–H and O–H groups in total. The minimum atomic E-state index is -0.130. The first-order valence-electron chi connectivity index (χ1n) is 7.69. The molecule has 0 unspecified atom stereocenters. The minimum Gasteiger partial charge on any atom is -0.322 e. The molecule has 2 aromatic carbocycles. The second-order valence-electron chi connectivity index (χ2n) is 5.66. The van der Waals surface area contributed by atoms with Crippen molar-refractivity contribution in [3.8, 4) is 0 Å². The molecule has 3 aromatic rings. The number of benzene rings is 2. The number of nitrogens with zero attached hydrogens (tertiary/aromatic N) is 2. The van der Waals surface area contributed by atoms with Crippen LogP contribution >= 0.6 is 11.6 Å². The van der Waals surface area contributed by atoms with E-state index in [2.05, 4.69) is 10.4 Å². The number of rotatable bonds is 4. The SMILES string of the molecule is Cc1nn(Cc2cccc(C(=O)Nc3ccccc3)c2)c(C)c1Cl. The number of para-hydroxylation sites is 1. The minimum absolute atomic E-state index is 0.130. The lowest BCUT2D eigenvalue weighted by Gasteiger charge is -2.08. The Morgan fingerprint density at radius 1 is 1.12 bits per heavy atom. The number of anilines is 1. The summed E-state index contributed by atoms with van der Waals surface area (Å²) in [5.41, 5.74) is 4.13. The van der Waals surface area contributed by atoms with Crippen molar-refractivity contribution in [2.75, 3.05) is 5.32 Å². The van der Waals surface area contributed by atoms with Crippen LogP contribution in [0.15, 0.2) is 54.6 Å². The van der Waals surface area contributed by atoms with Crippen LogP contribution in [0.2, 0.25) is 5.02 Å². The number of aromatic nitrogens is 2. The summed E-state index contributed by atoms with van der Waals surface area (Å²) in [6.07, 6.45) is 0. The van der Waals surface area contributed by atoms with Gasteiger partial charge in [0.25, 0.3) is 5.91 Å². The van der Waals surface area contributed by atoms with Gasteiger partial charge in [-0.05, 0) is 43.7 Å². The standard InChI is InChI=1S/C19H18ClN3O/c1-13-18(20)14(2)23(22-13)12-15-7-6-8-16(11-15)19(24)21-17-9-4-3-5-10-17/h3-11H,12H2,1-2H3,(H,21,24). The maximum atomic E-state index is 12.4. The lowest BCUT2D eigenvalue weighted by Crippen LogP contribution is -2.12. The van der Waals surface area contributed by atoms with Crippen molar-refractivity contribution in [2.24, 2.45) is 0 Å². The second kappa shape index (κ2) is 6.89. The predicted molar refractivity (Wildman–Crippen MR) is 96.7 cm³/mol. The Labute approximate surface area is 146 Å². The van der Waals surface area contributed by atoms with Gasteiger partial charge in [-0.3, -0.25) is 9.48 Å². The number of hydrogen-bond acceptors (Lipinski definition) is 2. The second-order valence-corrected chi connectivity index (χ2v) is 6.04. The summed E-state index contributed by atoms with van der Waals surface area (Å²) < 4.78 is 1.85. The van der Waals surface area contributed by atoms with E-state index in [1.807, 2.05) is 67.1 Å². The van der Waals surface area contributed by atoms with E-state index >= 15 is 0 Å². The van der Waals surface area contributed by atoms with E-state index in [9.17, 15) is 4.79 Å². The molecule has 1 heterocycles. The van der Waals surface area contributed by atoms with Crippen molar-refractivity contribution < 1.29 is 4.79 Å². The van der Waals surface area contributed by atoms with Crippen molar-refractivity contribution in [3.63, 3.8) is 0 Å². The molecule has 0 saturated heterocycles. The average molecular weight is 340 g/mol. The quantitative estimate of drug-likeness (QED) is 0.763. The lowest BCUT2D eigenvalue weighted by atomic mass is 10.1. The molecule has 0 fully saturated rings. The van der Waals surface area contributed by atoms with Gasteiger partial charge in [0.15, 0.2) is 0 Å². The maximum absolute atomic E-state index is 12.4. The van der Waals surface area contributed by atoms with Crippen LogP contribution in [0, 0.1) is 13.8 Å². The molecule has 0 aliphatic carbocycles. The van der Waals surface area contributed by atoms with E-state index in [4.69, 9.17) is 11.6 Å². The van der Waals surface area contributed by atoms with Gasteiger partial charge in [0.05, 0.1) is 23.0 Å². The summed E-state index contributed by atoms with van der Waals surface area (Å²) in [6, 6.07) is 16.9. The normalized spacial score (nSPS) is 10.6. The van der Waals surface area contributed by atoms with Gasteiger partial charge >= 0.3 is 0 Å². The van der Waals surface area contributed by atoms with E-state index in [0.29, 0.717) is 17.1 Å². The smallest absolute Gasteiger partial charge is 0.255 e. The molecule has 4 nitrogen and oxygen atoms in total. The van der Waals surface area contributed by atoms with Crippen LogP contribution in [0.4, 0.5) is 5.69 Å². The highest BCUT2D eigenvalue weighted by Gasteiger charge is 2.11. The van der Waals surface area contributed by atoms with Crippen LogP contribution in [-0.4, -0.2) is 15.7 Å². The van der Waals surface area contributed by atoms with Crippen LogP contribution in [0.3, 0.4) is 0 Å². The zero-order valence-electron chi connectivity index (χ0n) is 13.6. The first-order valence-corrected chi connectivity index (χ1v) is 8.07. The fourth-order valence-corrected chi connectivity index (χ4v) is 2.67. The average Bonchev–Trinajstić information content (AvgIpc) is 2.83. The summed E-state index contributed by atoms with van der Waals surface area (Å²) in [5.74, 6) is -0.130. The van der Waals surface area contributed by atoms with Crippen LogP contribution in [0.1, 0.15) is 27.3 Å². The highest BCUT2D eigenvalue weighted by atomic mass is 35.5. The molecule has 0 atom stereocenters. The molecule has 0 aliphatic rings. The van der Waals surface area contributed by atoms with E-state index in [1.54, 1.807) is 6.07 Å². The van der Waals surface area contributed by atoms with Gasteiger partial charge in [0.2, 0.25) is 0 Å². The molecule has 122 valence electrons. The molecule has 1 aromatic heterocycles. The van der Waals surface area contributed by atoms with Crippen LogP contribution in [-0.2, 0) is 6.54 Å². The third-order valence-corrected chi connectivity index (χ3v) is 4.39. The number of halogens is 1. The molecular formula is C19H18ClN3O. The molecule has 5 heteroatoms. The molecule has 0 aliphatic heterocycles. The third kappa shape index (κ3) is 3.49. The molecule has 0 radical (unpaired) electrons. The van der Waals surface area contributed by atoms with E-state index in [0.717, 1.165) is 22.6 Å². The molecule has 0 bridgehead atoms. The number of hydrogen-bond donors (Lipinski definition) is 1. The summed E-state index contributed by atoms with van der Waals surface area (Å²) in [4.78, 5) is 12.4. The Bertz CT molecular complexity index is 872. The largest absolute Gasteiger partial charge is 0.322 e. The van der Waals surface area contributed by atoms with Gasteiger partial charge < -0.3 is 5.32 Å². The van der Waals surface area contributed by atoms with Crippen molar-refractivity contribution in [3.05, 3.63) is 82.1 Å². The monoisotopic (exact) mass is 339 g/mol. The van der Waals surface area contributed by atoms with Crippen LogP contribution in [0.25, 0.3) is 0 Å². The zero-order valence-corrected chi connectivity index (χ0v) is 14.3. The highest BCUT2D eigenvalue weighted by molar-refractivity contribution is 6.31. The van der Waals surface area contributed by atoms with Gasteiger partial charge in [-0.1, -0.05) is 41.9 Å². The number of aryl methyl sites for hydroxylation is 1. The van der Waals surface area contributed by atoms with Gasteiger partial charge in [-0.15, -0.1) is 0 Å². The van der Waals surface area contributed by atoms with Crippen molar-refractivity contribution in [1.82, 2.24) is 9.78 Å². The van der Waals surface area contributed by atoms with Crippen LogP contribution in [0.5, 0.6) is 0 Å². The Hall–Kier alpha value is -2.59. The van der Waals surface area contributed by atoms with Gasteiger partial charge in [0.1, 0.15) is 0 Å². The summed E-state index contributed by atoms with van der Waals surface area (Å²) in [7, 11) is 0. The topological polar surface area (TPSA) is 46.9 Å². The Balaban J connectivity index is 1.78. The van der Waals surface area contributed by atoms with E-state index < -0.39 is 0 Å². The zero-order chi connectivity index (χ0) is 17.1. The molecule has 1 amide bonds. The number of amides is 1. The maximum Gasteiger partial charge on any atom is 0.255 e. The van der Waals surface area contributed by atoms with Gasteiger partial charge in [-0.2, -0.15) is 5.10 Å². The van der Waals surface area contributed by atoms with E-state index in [-0.39, 0.29) is 5.91 Å². The van der Waals surface area contributed by atoms with Gasteiger partial charge in [0, 0.05) is 11.3 Å². The number of carbonyl (C=O) groups excluding carboxylic acids is 1. The van der Waals surface area contributed by atoms with E-state index in [1.165, 1.54) is 0 Å². The molecular weight excluding hydrogens is 322 g/mol. The highest BCUT2D eigenvalue weighted by Crippen LogP contribution is 2.20. The lowest BCUT2D eigenvalue weighted by molar-refractivity contribution is 0.102. The van der Waals surface area contributed by atoms with Crippen molar-refractivity contribution in [1.29, 1.82) is 0 Å². The molecule has 3 rings (SSSR count). The molecule has 24 heavy (non-hydrogen) atoms. The Morgan fingerprint density at radius 2 is 1.88 bits per heavy atom. The molecule has 0 saturated carbocycles. The summed E-state index contributed by atoms with van der Waals surface area (Å²) in [6.45, 7) is 4.40. The molecule has 0 spiro atoms. The predicted octanol–water partition coefficient (Wildman–Crippen LogP) is 4.45. The first kappa shape index (κ1) is 16.3. The first-order chi connectivity index (χ1) is 11.5. The number of carbonyl (C=O) groups is 1. The fraction of sp³-hybridized carbons (Fsp3) is 0.158. The van der Waals surface area contributed by atoms with Gasteiger partial charge in [-0.25, -0.2) is 0 Å². The fourth-order valence-electron chi connectivity index (χ4n) is 2.54.